The van der Waals surface area contributed by atoms with Crippen LogP contribution in [0, 0.1) is 0 Å². The fraction of sp³-hybridized carbons (Fsp3) is 0.667. The van der Waals surface area contributed by atoms with Crippen LogP contribution in [-0.4, -0.2) is 64.4 Å². The van der Waals surface area contributed by atoms with Crippen LogP contribution in [0.15, 0.2) is 12.4 Å². The number of alkyl halides is 3. The maximum atomic E-state index is 12.7. The van der Waals surface area contributed by atoms with E-state index in [2.05, 4.69) is 20.2 Å². The normalized spacial score (nSPS) is 23.8. The van der Waals surface area contributed by atoms with Crippen molar-refractivity contribution >= 4 is 11.7 Å². The molecule has 3 heterocycles. The lowest BCUT2D eigenvalue weighted by Crippen LogP contribution is -2.47. The summed E-state index contributed by atoms with van der Waals surface area (Å²) in [6.45, 7) is 2.28. The van der Waals surface area contributed by atoms with Gasteiger partial charge in [0.05, 0.1) is 6.04 Å². The molecular weight excluding hydrogens is 323 g/mol. The number of nitrogens with zero attached hydrogens (tertiary/aromatic N) is 4. The molecule has 2 saturated heterocycles. The summed E-state index contributed by atoms with van der Waals surface area (Å²) in [5.41, 5.74) is -0.947. The van der Waals surface area contributed by atoms with Crippen molar-refractivity contribution in [3.05, 3.63) is 18.1 Å². The minimum atomic E-state index is -4.47. The monoisotopic (exact) mass is 343 g/mol. The summed E-state index contributed by atoms with van der Waals surface area (Å²) in [6.07, 6.45) is -1.18. The molecule has 6 nitrogen and oxygen atoms in total. The SMILES string of the molecule is CN1CCC(N2CCC(Nc3cc(C(F)(F)F)ncn3)CC2)C1=O. The van der Waals surface area contributed by atoms with Crippen LogP contribution < -0.4 is 5.32 Å². The Bertz CT molecular complexity index is 601. The van der Waals surface area contributed by atoms with Gasteiger partial charge in [0.1, 0.15) is 17.8 Å². The van der Waals surface area contributed by atoms with Gasteiger partial charge in [-0.3, -0.25) is 9.69 Å². The first-order valence-electron chi connectivity index (χ1n) is 7.99. The average Bonchev–Trinajstić information content (AvgIpc) is 2.87. The third-order valence-corrected chi connectivity index (χ3v) is 4.68. The predicted molar refractivity (Wildman–Crippen MR) is 81.3 cm³/mol. The van der Waals surface area contributed by atoms with Crippen molar-refractivity contribution in [2.24, 2.45) is 0 Å². The summed E-state index contributed by atoms with van der Waals surface area (Å²) in [7, 11) is 1.81. The number of hydrogen-bond acceptors (Lipinski definition) is 5. The third kappa shape index (κ3) is 3.61. The average molecular weight is 343 g/mol. The van der Waals surface area contributed by atoms with E-state index in [0.717, 1.165) is 51.3 Å². The van der Waals surface area contributed by atoms with E-state index in [0.29, 0.717) is 0 Å². The fourth-order valence-electron chi connectivity index (χ4n) is 3.30. The summed E-state index contributed by atoms with van der Waals surface area (Å²) in [5.74, 6) is 0.347. The van der Waals surface area contributed by atoms with Crippen LogP contribution in [0.25, 0.3) is 0 Å². The first-order valence-corrected chi connectivity index (χ1v) is 7.99. The quantitative estimate of drug-likeness (QED) is 0.903. The number of anilines is 1. The molecular formula is C15H20F3N5O. The van der Waals surface area contributed by atoms with E-state index in [1.165, 1.54) is 0 Å². The number of carbonyl (C=O) groups excluding carboxylic acids is 1. The molecule has 0 bridgehead atoms. The zero-order chi connectivity index (χ0) is 17.3. The summed E-state index contributed by atoms with van der Waals surface area (Å²) >= 11 is 0. The van der Waals surface area contributed by atoms with Gasteiger partial charge in [0.2, 0.25) is 5.91 Å². The van der Waals surface area contributed by atoms with Gasteiger partial charge in [0.15, 0.2) is 0 Å². The Morgan fingerprint density at radius 1 is 1.17 bits per heavy atom. The van der Waals surface area contributed by atoms with Gasteiger partial charge in [0.25, 0.3) is 0 Å². The van der Waals surface area contributed by atoms with Crippen LogP contribution in [0.3, 0.4) is 0 Å². The summed E-state index contributed by atoms with van der Waals surface area (Å²) in [4.78, 5) is 23.1. The number of likely N-dealkylation sites (tertiary alicyclic amines) is 2. The molecule has 2 aliphatic rings. The molecule has 132 valence electrons. The van der Waals surface area contributed by atoms with Crippen molar-refractivity contribution in [2.75, 3.05) is 32.0 Å². The van der Waals surface area contributed by atoms with E-state index in [-0.39, 0.29) is 23.8 Å². The summed E-state index contributed by atoms with van der Waals surface area (Å²) in [6, 6.07) is 0.931. The van der Waals surface area contributed by atoms with E-state index in [1.807, 2.05) is 7.05 Å². The molecule has 1 amide bonds. The van der Waals surface area contributed by atoms with Crippen LogP contribution in [0.4, 0.5) is 19.0 Å². The Balaban J connectivity index is 1.55. The number of piperidine rings is 1. The molecule has 1 atom stereocenters. The van der Waals surface area contributed by atoms with Gasteiger partial charge in [-0.25, -0.2) is 9.97 Å². The van der Waals surface area contributed by atoms with Crippen LogP contribution in [-0.2, 0) is 11.0 Å². The molecule has 1 N–H and O–H groups in total. The molecule has 0 aromatic carbocycles. The second-order valence-corrected chi connectivity index (χ2v) is 6.31. The van der Waals surface area contributed by atoms with E-state index >= 15 is 0 Å². The van der Waals surface area contributed by atoms with Crippen LogP contribution in [0.5, 0.6) is 0 Å². The lowest BCUT2D eigenvalue weighted by Gasteiger charge is -2.35. The molecule has 24 heavy (non-hydrogen) atoms. The standard InChI is InChI=1S/C15H20F3N5O/c1-22-5-4-11(14(22)24)23-6-2-10(3-7-23)21-13-8-12(15(16,17)18)19-9-20-13/h8-11H,2-7H2,1H3,(H,19,20,21). The molecule has 1 aromatic rings. The lowest BCUT2D eigenvalue weighted by atomic mass is 10.0. The molecule has 9 heteroatoms. The number of rotatable bonds is 3. The second kappa shape index (κ2) is 6.54. The molecule has 2 fully saturated rings. The first kappa shape index (κ1) is 16.9. The Kier molecular flexibility index (Phi) is 4.62. The fourth-order valence-corrected chi connectivity index (χ4v) is 3.30. The predicted octanol–water partition coefficient (Wildman–Crippen LogP) is 1.60. The van der Waals surface area contributed by atoms with Gasteiger partial charge in [-0.1, -0.05) is 0 Å². The minimum Gasteiger partial charge on any atom is -0.367 e. The molecule has 2 aliphatic heterocycles. The maximum absolute atomic E-state index is 12.7. The van der Waals surface area contributed by atoms with E-state index in [1.54, 1.807) is 4.90 Å². The summed E-state index contributed by atoms with van der Waals surface area (Å²) in [5, 5.41) is 3.05. The Morgan fingerprint density at radius 3 is 2.46 bits per heavy atom. The van der Waals surface area contributed by atoms with Gasteiger partial charge >= 0.3 is 6.18 Å². The summed E-state index contributed by atoms with van der Waals surface area (Å²) < 4.78 is 38.0. The van der Waals surface area contributed by atoms with E-state index < -0.39 is 11.9 Å². The van der Waals surface area contributed by atoms with Gasteiger partial charge in [-0.2, -0.15) is 13.2 Å². The van der Waals surface area contributed by atoms with Crippen LogP contribution in [0.2, 0.25) is 0 Å². The van der Waals surface area contributed by atoms with Crippen molar-refractivity contribution in [1.82, 2.24) is 19.8 Å². The Hall–Kier alpha value is -1.90. The number of halogens is 3. The highest BCUT2D eigenvalue weighted by Gasteiger charge is 2.36. The second-order valence-electron chi connectivity index (χ2n) is 6.31. The van der Waals surface area contributed by atoms with Crippen molar-refractivity contribution in [2.45, 2.75) is 37.5 Å². The first-order chi connectivity index (χ1) is 11.3. The zero-order valence-corrected chi connectivity index (χ0v) is 13.4. The molecule has 1 aromatic heterocycles. The van der Waals surface area contributed by atoms with Crippen molar-refractivity contribution in [3.63, 3.8) is 0 Å². The topological polar surface area (TPSA) is 61.4 Å². The zero-order valence-electron chi connectivity index (χ0n) is 13.4. The number of nitrogens with one attached hydrogen (secondary N) is 1. The molecule has 1 unspecified atom stereocenters. The van der Waals surface area contributed by atoms with Gasteiger partial charge < -0.3 is 10.2 Å². The van der Waals surface area contributed by atoms with E-state index in [9.17, 15) is 18.0 Å². The van der Waals surface area contributed by atoms with Crippen molar-refractivity contribution in [1.29, 1.82) is 0 Å². The number of likely N-dealkylation sites (N-methyl/N-ethyl adjacent to an activating group) is 1. The molecule has 0 aliphatic carbocycles. The number of carbonyl (C=O) groups is 1. The maximum Gasteiger partial charge on any atom is 0.433 e. The van der Waals surface area contributed by atoms with Gasteiger partial charge in [0, 0.05) is 38.8 Å². The number of aromatic nitrogens is 2. The van der Waals surface area contributed by atoms with Crippen molar-refractivity contribution in [3.8, 4) is 0 Å². The van der Waals surface area contributed by atoms with Crippen molar-refractivity contribution < 1.29 is 18.0 Å². The highest BCUT2D eigenvalue weighted by Crippen LogP contribution is 2.29. The molecule has 0 saturated carbocycles. The Labute approximate surface area is 138 Å². The molecule has 3 rings (SSSR count). The number of hydrogen-bond donors (Lipinski definition) is 1. The number of amides is 1. The highest BCUT2D eigenvalue weighted by molar-refractivity contribution is 5.83. The lowest BCUT2D eigenvalue weighted by molar-refractivity contribution is -0.141. The highest BCUT2D eigenvalue weighted by atomic mass is 19.4. The Morgan fingerprint density at radius 2 is 1.88 bits per heavy atom. The minimum absolute atomic E-state index is 0.0477. The smallest absolute Gasteiger partial charge is 0.367 e. The largest absolute Gasteiger partial charge is 0.433 e. The van der Waals surface area contributed by atoms with Gasteiger partial charge in [-0.05, 0) is 19.3 Å². The van der Waals surface area contributed by atoms with Gasteiger partial charge in [-0.15, -0.1) is 0 Å². The van der Waals surface area contributed by atoms with Crippen LogP contribution >= 0.6 is 0 Å². The molecule has 0 radical (unpaired) electrons. The third-order valence-electron chi connectivity index (χ3n) is 4.68. The van der Waals surface area contributed by atoms with Crippen LogP contribution in [0.1, 0.15) is 25.0 Å². The van der Waals surface area contributed by atoms with E-state index in [4.69, 9.17) is 0 Å². The molecule has 0 spiro atoms.